The number of carboxylic acid groups (broad SMARTS) is 4. The van der Waals surface area contributed by atoms with Crippen molar-refractivity contribution in [2.45, 2.75) is 134 Å². The number of amides is 7. The van der Waals surface area contributed by atoms with E-state index in [-0.39, 0.29) is 36.4 Å². The Morgan fingerprint density at radius 1 is 0.528 bits per heavy atom. The summed E-state index contributed by atoms with van der Waals surface area (Å²) in [6, 6.07) is 0.579. The summed E-state index contributed by atoms with van der Waals surface area (Å²) in [6.45, 7) is 7.69. The summed E-state index contributed by atoms with van der Waals surface area (Å²) >= 11 is 0. The fourth-order valence-corrected chi connectivity index (χ4v) is 6.83. The van der Waals surface area contributed by atoms with Gasteiger partial charge in [0, 0.05) is 37.8 Å². The number of nitro benzene ring substituents is 1. The number of benzene rings is 2. The number of rotatable bonds is 31. The van der Waals surface area contributed by atoms with Gasteiger partial charge >= 0.3 is 23.9 Å². The van der Waals surface area contributed by atoms with Crippen LogP contribution in [0.3, 0.4) is 0 Å². The number of hydrogen-bond acceptors (Lipinski definition) is 14. The Labute approximate surface area is 413 Å². The zero-order chi connectivity index (χ0) is 54.4. The van der Waals surface area contributed by atoms with Crippen molar-refractivity contribution in [1.29, 1.82) is 0 Å². The van der Waals surface area contributed by atoms with Crippen LogP contribution in [0.25, 0.3) is 0 Å². The summed E-state index contributed by atoms with van der Waals surface area (Å²) in [7, 11) is 0. The second kappa shape index (κ2) is 29.2. The molecule has 72 heavy (non-hydrogen) atoms. The maximum Gasteiger partial charge on any atom is 0.326 e. The van der Waals surface area contributed by atoms with Crippen molar-refractivity contribution < 1.29 is 78.1 Å². The van der Waals surface area contributed by atoms with Gasteiger partial charge in [0.1, 0.15) is 42.3 Å². The average molecular weight is 1010 g/mol. The Hall–Kier alpha value is -8.03. The summed E-state index contributed by atoms with van der Waals surface area (Å²) in [5, 5.41) is 65.7. The minimum Gasteiger partial charge on any atom is -0.481 e. The van der Waals surface area contributed by atoms with Crippen LogP contribution in [0.15, 0.2) is 54.6 Å². The van der Waals surface area contributed by atoms with E-state index < -0.39 is 157 Å². The number of nitrogens with two attached hydrogens (primary N) is 1. The van der Waals surface area contributed by atoms with Crippen molar-refractivity contribution in [3.05, 3.63) is 75.8 Å². The lowest BCUT2D eigenvalue weighted by Gasteiger charge is -2.28. The molecule has 0 bridgehead atoms. The molecule has 0 unspecified atom stereocenters. The number of carbonyl (C=O) groups is 11. The molecule has 0 heterocycles. The van der Waals surface area contributed by atoms with E-state index in [1.807, 2.05) is 0 Å². The normalized spacial score (nSPS) is 14.3. The molecule has 13 N–H and O–H groups in total. The Bertz CT molecular complexity index is 2280. The van der Waals surface area contributed by atoms with Gasteiger partial charge in [-0.3, -0.25) is 58.1 Å². The van der Waals surface area contributed by atoms with Gasteiger partial charge in [-0.25, -0.2) is 4.79 Å². The van der Waals surface area contributed by atoms with E-state index >= 15 is 0 Å². The first-order valence-corrected chi connectivity index (χ1v) is 22.7. The lowest BCUT2D eigenvalue weighted by Crippen LogP contribution is -2.61. The molecule has 2 rings (SSSR count). The first-order valence-electron chi connectivity index (χ1n) is 22.7. The van der Waals surface area contributed by atoms with Crippen LogP contribution in [0.2, 0.25) is 0 Å². The van der Waals surface area contributed by atoms with Crippen molar-refractivity contribution in [2.75, 3.05) is 0 Å². The van der Waals surface area contributed by atoms with Gasteiger partial charge in [-0.05, 0) is 49.1 Å². The highest BCUT2D eigenvalue weighted by molar-refractivity contribution is 5.98. The SMILES string of the molecule is CC(C)C[C@H](NC(=O)[C@@H](NC(=O)[C@@H](N)CCC(=O)O)C(C)C)C(=O)N[C@@H](Cc1ccc([N+](=O)[O-])cc1)C(=O)N[C@@H](CC(=O)O)C(=O)N[C@@H](C)C(=O)N[C@@H](CCC(=O)O)C(=O)N[C@@H](Cc1ccccc1)C(=O)O. The molecule has 0 aliphatic heterocycles. The summed E-state index contributed by atoms with van der Waals surface area (Å²) in [5.41, 5.74) is 6.28. The van der Waals surface area contributed by atoms with E-state index in [1.54, 1.807) is 58.0 Å². The van der Waals surface area contributed by atoms with Crippen molar-refractivity contribution >= 4 is 70.9 Å². The van der Waals surface area contributed by atoms with Crippen LogP contribution in [0.4, 0.5) is 5.69 Å². The molecule has 0 radical (unpaired) electrons. The molecule has 0 saturated carbocycles. The Morgan fingerprint density at radius 3 is 1.53 bits per heavy atom. The molecule has 0 aromatic heterocycles. The highest BCUT2D eigenvalue weighted by Crippen LogP contribution is 2.15. The van der Waals surface area contributed by atoms with Crippen molar-refractivity contribution in [3.8, 4) is 0 Å². The first kappa shape index (κ1) is 60.1. The number of aliphatic carboxylic acids is 4. The maximum absolute atomic E-state index is 14.1. The fourth-order valence-electron chi connectivity index (χ4n) is 6.83. The van der Waals surface area contributed by atoms with Crippen molar-refractivity contribution in [3.63, 3.8) is 0 Å². The van der Waals surface area contributed by atoms with Gasteiger partial charge in [-0.2, -0.15) is 0 Å². The number of carboxylic acids is 4. The number of hydrogen-bond donors (Lipinski definition) is 12. The largest absolute Gasteiger partial charge is 0.481 e. The van der Waals surface area contributed by atoms with Crippen LogP contribution in [-0.4, -0.2) is 139 Å². The highest BCUT2D eigenvalue weighted by Gasteiger charge is 2.35. The smallest absolute Gasteiger partial charge is 0.326 e. The van der Waals surface area contributed by atoms with E-state index in [9.17, 15) is 78.2 Å². The van der Waals surface area contributed by atoms with Crippen molar-refractivity contribution in [1.82, 2.24) is 37.2 Å². The molecule has 0 saturated heterocycles. The summed E-state index contributed by atoms with van der Waals surface area (Å²) in [6.07, 6.45) is -3.58. The lowest BCUT2D eigenvalue weighted by molar-refractivity contribution is -0.384. The van der Waals surface area contributed by atoms with E-state index in [4.69, 9.17) is 10.8 Å². The molecule has 0 aliphatic rings. The van der Waals surface area contributed by atoms with Gasteiger partial charge in [0.25, 0.3) is 5.69 Å². The Balaban J connectivity index is 2.40. The molecule has 7 amide bonds. The summed E-state index contributed by atoms with van der Waals surface area (Å²) in [4.78, 5) is 152. The monoisotopic (exact) mass is 1010 g/mol. The van der Waals surface area contributed by atoms with Crippen LogP contribution in [0.5, 0.6) is 0 Å². The minimum atomic E-state index is -1.97. The number of nitrogens with zero attached hydrogens (tertiary/aromatic N) is 1. The zero-order valence-electron chi connectivity index (χ0n) is 40.2. The molecule has 0 fully saturated rings. The van der Waals surface area contributed by atoms with Crippen LogP contribution < -0.4 is 43.0 Å². The molecule has 0 aliphatic carbocycles. The molecule has 26 nitrogen and oxygen atoms in total. The third-order valence-electron chi connectivity index (χ3n) is 10.8. The number of carbonyl (C=O) groups excluding carboxylic acids is 7. The fraction of sp³-hybridized carbons (Fsp3) is 0.500. The van der Waals surface area contributed by atoms with Crippen LogP contribution in [0.1, 0.15) is 84.3 Å². The predicted molar refractivity (Wildman–Crippen MR) is 252 cm³/mol. The third-order valence-corrected chi connectivity index (χ3v) is 10.8. The van der Waals surface area contributed by atoms with E-state index in [2.05, 4.69) is 37.2 Å². The predicted octanol–water partition coefficient (Wildman–Crippen LogP) is -0.888. The molecule has 2 aromatic carbocycles. The summed E-state index contributed by atoms with van der Waals surface area (Å²) < 4.78 is 0. The second-order valence-corrected chi connectivity index (χ2v) is 17.6. The minimum absolute atomic E-state index is 0.0447. The van der Waals surface area contributed by atoms with Gasteiger partial charge in [-0.15, -0.1) is 0 Å². The third kappa shape index (κ3) is 21.3. The lowest BCUT2D eigenvalue weighted by atomic mass is 9.98. The number of non-ortho nitro benzene ring substituents is 1. The summed E-state index contributed by atoms with van der Waals surface area (Å²) in [5.74, 6) is -13.8. The van der Waals surface area contributed by atoms with E-state index in [0.29, 0.717) is 5.56 Å². The molecular formula is C46H63N9O17. The Kier molecular flexibility index (Phi) is 24.4. The molecule has 8 atom stereocenters. The Morgan fingerprint density at radius 2 is 1.00 bits per heavy atom. The number of nitrogens with one attached hydrogen (secondary N) is 7. The maximum atomic E-state index is 14.1. The zero-order valence-corrected chi connectivity index (χ0v) is 40.2. The topological polar surface area (TPSA) is 422 Å². The second-order valence-electron chi connectivity index (χ2n) is 17.6. The quantitative estimate of drug-likeness (QED) is 0.0322. The van der Waals surface area contributed by atoms with Gasteiger partial charge in [0.2, 0.25) is 41.4 Å². The van der Waals surface area contributed by atoms with E-state index in [1.165, 1.54) is 12.1 Å². The number of nitro groups is 1. The standard InChI is InChI=1S/C46H63N9O17/c1-23(2)19-31(52-45(68)38(24(3)4)54-40(63)29(47)15-17-35(56)57)43(66)50-32(20-27-11-13-28(14-12-27)55(71)72)44(67)51-33(22-37(60)61)42(65)48-25(5)39(62)49-30(16-18-36(58)59)41(64)53-34(46(69)70)21-26-9-7-6-8-10-26/h6-14,23-25,29-34,38H,15-22,47H2,1-5H3,(H,48,65)(H,49,62)(H,50,66)(H,51,67)(H,52,68)(H,53,64)(H,54,63)(H,56,57)(H,58,59)(H,60,61)(H,69,70)/t25-,29-,30-,31-,32-,33-,34-,38-/m0/s1. The van der Waals surface area contributed by atoms with Gasteiger partial charge in [-0.1, -0.05) is 70.2 Å². The van der Waals surface area contributed by atoms with Crippen LogP contribution >= 0.6 is 0 Å². The van der Waals surface area contributed by atoms with Gasteiger partial charge < -0.3 is 63.4 Å². The van der Waals surface area contributed by atoms with E-state index in [0.717, 1.165) is 19.1 Å². The molecule has 26 heteroatoms. The van der Waals surface area contributed by atoms with Gasteiger partial charge in [0.15, 0.2) is 0 Å². The van der Waals surface area contributed by atoms with Crippen molar-refractivity contribution in [2.24, 2.45) is 17.6 Å². The van der Waals surface area contributed by atoms with Gasteiger partial charge in [0.05, 0.1) is 17.4 Å². The first-order chi connectivity index (χ1) is 33.7. The molecule has 2 aromatic rings. The van der Waals surface area contributed by atoms with Crippen LogP contribution in [-0.2, 0) is 65.6 Å². The molecule has 0 spiro atoms. The molecular weight excluding hydrogens is 951 g/mol. The average Bonchev–Trinajstić information content (AvgIpc) is 3.29. The van der Waals surface area contributed by atoms with Crippen LogP contribution in [0, 0.1) is 22.0 Å². The molecule has 394 valence electrons. The highest BCUT2D eigenvalue weighted by atomic mass is 16.6.